The Morgan fingerprint density at radius 1 is 1.14 bits per heavy atom. The normalized spacial score (nSPS) is 15.3. The summed E-state index contributed by atoms with van der Waals surface area (Å²) in [5, 5.41) is 0. The van der Waals surface area contributed by atoms with Crippen LogP contribution < -0.4 is 0 Å². The lowest BCUT2D eigenvalue weighted by Gasteiger charge is -2.16. The largest absolute Gasteiger partial charge is 0.0724 e. The van der Waals surface area contributed by atoms with Crippen molar-refractivity contribution in [1.82, 2.24) is 0 Å². The molecule has 0 unspecified atom stereocenters. The van der Waals surface area contributed by atoms with E-state index in [9.17, 15) is 0 Å². The molecule has 0 saturated heterocycles. The summed E-state index contributed by atoms with van der Waals surface area (Å²) in [6.45, 7) is 6.73. The maximum absolute atomic E-state index is 2.35. The second-order valence-electron chi connectivity index (χ2n) is 4.60. The van der Waals surface area contributed by atoms with E-state index in [4.69, 9.17) is 0 Å². The molecule has 0 spiro atoms. The molecule has 0 N–H and O–H groups in total. The topological polar surface area (TPSA) is 0 Å². The molecule has 2 rings (SSSR count). The monoisotopic (exact) mass is 186 g/mol. The Bertz CT molecular complexity index is 370. The zero-order chi connectivity index (χ0) is 10.1. The summed E-state index contributed by atoms with van der Waals surface area (Å²) in [6, 6.07) is 6.92. The van der Waals surface area contributed by atoms with Crippen LogP contribution >= 0.6 is 0 Å². The van der Waals surface area contributed by atoms with Crippen LogP contribution in [0.15, 0.2) is 23.8 Å². The van der Waals surface area contributed by atoms with Gasteiger partial charge in [-0.05, 0) is 42.4 Å². The summed E-state index contributed by atoms with van der Waals surface area (Å²) in [4.78, 5) is 0. The van der Waals surface area contributed by atoms with Gasteiger partial charge in [-0.2, -0.15) is 0 Å². The lowest BCUT2D eigenvalue weighted by atomic mass is 9.89. The number of fused-ring (bicyclic) bond motifs is 1. The Morgan fingerprint density at radius 3 is 2.64 bits per heavy atom. The summed E-state index contributed by atoms with van der Waals surface area (Å²) >= 11 is 0. The molecule has 1 aromatic carbocycles. The average molecular weight is 186 g/mol. The summed E-state index contributed by atoms with van der Waals surface area (Å²) in [5.74, 6) is 0.635. The Balaban J connectivity index is 2.44. The number of hydrogen-bond donors (Lipinski definition) is 0. The van der Waals surface area contributed by atoms with Crippen LogP contribution in [0.2, 0.25) is 0 Å². The fraction of sp³-hybridized carbons (Fsp3) is 0.429. The van der Waals surface area contributed by atoms with E-state index in [1.165, 1.54) is 35.1 Å². The minimum absolute atomic E-state index is 0.635. The van der Waals surface area contributed by atoms with Crippen LogP contribution in [0.1, 0.15) is 49.8 Å². The molecule has 1 aliphatic carbocycles. The van der Waals surface area contributed by atoms with E-state index in [0.29, 0.717) is 5.92 Å². The Kier molecular flexibility index (Phi) is 2.45. The van der Waals surface area contributed by atoms with E-state index in [0.717, 1.165) is 0 Å². The molecule has 0 heteroatoms. The minimum atomic E-state index is 0.635. The highest BCUT2D eigenvalue weighted by Gasteiger charge is 2.09. The van der Waals surface area contributed by atoms with Crippen molar-refractivity contribution in [3.63, 3.8) is 0 Å². The molecule has 1 aliphatic rings. The SMILES string of the molecule is CC1=Cc2cc(C(C)C)ccc2CC1. The molecule has 0 aromatic heterocycles. The van der Waals surface area contributed by atoms with Gasteiger partial charge in [0.05, 0.1) is 0 Å². The lowest BCUT2D eigenvalue weighted by molar-refractivity contribution is 0.858. The van der Waals surface area contributed by atoms with Gasteiger partial charge in [0.15, 0.2) is 0 Å². The van der Waals surface area contributed by atoms with Crippen molar-refractivity contribution in [2.75, 3.05) is 0 Å². The molecule has 0 amide bonds. The van der Waals surface area contributed by atoms with Crippen LogP contribution in [0, 0.1) is 0 Å². The Hall–Kier alpha value is -1.04. The zero-order valence-corrected chi connectivity index (χ0v) is 9.30. The fourth-order valence-electron chi connectivity index (χ4n) is 2.00. The zero-order valence-electron chi connectivity index (χ0n) is 9.30. The van der Waals surface area contributed by atoms with Crippen LogP contribution in [0.5, 0.6) is 0 Å². The number of allylic oxidation sites excluding steroid dienone is 1. The summed E-state index contributed by atoms with van der Waals surface area (Å²) in [5.41, 5.74) is 5.92. The summed E-state index contributed by atoms with van der Waals surface area (Å²) in [6.07, 6.45) is 4.79. The van der Waals surface area contributed by atoms with Gasteiger partial charge in [-0.25, -0.2) is 0 Å². The van der Waals surface area contributed by atoms with E-state index >= 15 is 0 Å². The van der Waals surface area contributed by atoms with Crippen molar-refractivity contribution < 1.29 is 0 Å². The van der Waals surface area contributed by atoms with Crippen LogP contribution in [-0.4, -0.2) is 0 Å². The van der Waals surface area contributed by atoms with E-state index in [1.54, 1.807) is 0 Å². The van der Waals surface area contributed by atoms with Crippen molar-refractivity contribution in [2.24, 2.45) is 0 Å². The van der Waals surface area contributed by atoms with E-state index in [-0.39, 0.29) is 0 Å². The lowest BCUT2D eigenvalue weighted by Crippen LogP contribution is -1.99. The Morgan fingerprint density at radius 2 is 1.93 bits per heavy atom. The summed E-state index contributed by atoms with van der Waals surface area (Å²) in [7, 11) is 0. The Labute approximate surface area is 86.7 Å². The third-order valence-electron chi connectivity index (χ3n) is 3.03. The number of benzene rings is 1. The maximum Gasteiger partial charge on any atom is -0.0219 e. The quantitative estimate of drug-likeness (QED) is 0.617. The molecule has 0 bridgehead atoms. The van der Waals surface area contributed by atoms with Gasteiger partial charge in [-0.15, -0.1) is 0 Å². The van der Waals surface area contributed by atoms with Crippen molar-refractivity contribution in [3.8, 4) is 0 Å². The van der Waals surface area contributed by atoms with Crippen molar-refractivity contribution in [3.05, 3.63) is 40.5 Å². The highest BCUT2D eigenvalue weighted by molar-refractivity contribution is 5.60. The first-order valence-electron chi connectivity index (χ1n) is 5.47. The second kappa shape index (κ2) is 3.61. The fourth-order valence-corrected chi connectivity index (χ4v) is 2.00. The molecule has 0 aliphatic heterocycles. The number of rotatable bonds is 1. The molecule has 0 nitrogen and oxygen atoms in total. The van der Waals surface area contributed by atoms with Crippen molar-refractivity contribution in [1.29, 1.82) is 0 Å². The standard InChI is InChI=1S/C14H18/c1-10(2)13-7-6-12-5-4-11(3)8-14(12)9-13/h6-10H,4-5H2,1-3H3. The average Bonchev–Trinajstić information content (AvgIpc) is 2.16. The molecule has 0 fully saturated rings. The molecular weight excluding hydrogens is 168 g/mol. The molecule has 14 heavy (non-hydrogen) atoms. The predicted octanol–water partition coefficient (Wildman–Crippen LogP) is 4.16. The molecule has 1 aromatic rings. The van der Waals surface area contributed by atoms with Gasteiger partial charge in [-0.1, -0.05) is 43.7 Å². The van der Waals surface area contributed by atoms with Crippen molar-refractivity contribution >= 4 is 6.08 Å². The van der Waals surface area contributed by atoms with Gasteiger partial charge >= 0.3 is 0 Å². The van der Waals surface area contributed by atoms with Gasteiger partial charge < -0.3 is 0 Å². The van der Waals surface area contributed by atoms with Crippen LogP contribution in [0.4, 0.5) is 0 Å². The molecule has 74 valence electrons. The maximum atomic E-state index is 2.35. The van der Waals surface area contributed by atoms with Gasteiger partial charge in [0, 0.05) is 0 Å². The first-order chi connectivity index (χ1) is 6.66. The molecule has 0 radical (unpaired) electrons. The molecule has 0 atom stereocenters. The van der Waals surface area contributed by atoms with E-state index < -0.39 is 0 Å². The van der Waals surface area contributed by atoms with Gasteiger partial charge in [-0.3, -0.25) is 0 Å². The van der Waals surface area contributed by atoms with E-state index in [2.05, 4.69) is 45.0 Å². The van der Waals surface area contributed by atoms with Crippen LogP contribution in [0.25, 0.3) is 6.08 Å². The summed E-state index contributed by atoms with van der Waals surface area (Å²) < 4.78 is 0. The number of hydrogen-bond acceptors (Lipinski definition) is 0. The molecule has 0 saturated carbocycles. The predicted molar refractivity (Wildman–Crippen MR) is 62.5 cm³/mol. The van der Waals surface area contributed by atoms with E-state index in [1.807, 2.05) is 0 Å². The smallest absolute Gasteiger partial charge is 0.0219 e. The van der Waals surface area contributed by atoms with Crippen LogP contribution in [-0.2, 0) is 6.42 Å². The van der Waals surface area contributed by atoms with Crippen molar-refractivity contribution in [2.45, 2.75) is 39.5 Å². The van der Waals surface area contributed by atoms with Gasteiger partial charge in [0.1, 0.15) is 0 Å². The third-order valence-corrected chi connectivity index (χ3v) is 3.03. The highest BCUT2D eigenvalue weighted by atomic mass is 14.1. The van der Waals surface area contributed by atoms with Gasteiger partial charge in [0.25, 0.3) is 0 Å². The van der Waals surface area contributed by atoms with Gasteiger partial charge in [0.2, 0.25) is 0 Å². The third kappa shape index (κ3) is 1.75. The molecular formula is C14H18. The number of aryl methyl sites for hydroxylation is 1. The minimum Gasteiger partial charge on any atom is -0.0724 e. The highest BCUT2D eigenvalue weighted by Crippen LogP contribution is 2.26. The van der Waals surface area contributed by atoms with Crippen LogP contribution in [0.3, 0.4) is 0 Å². The molecule has 0 heterocycles. The first-order valence-corrected chi connectivity index (χ1v) is 5.47. The second-order valence-corrected chi connectivity index (χ2v) is 4.60. The first kappa shape index (κ1) is 9.51.